The molecule has 0 bridgehead atoms. The Kier molecular flexibility index (Phi) is 8.02. The van der Waals surface area contributed by atoms with Gasteiger partial charge in [-0.25, -0.2) is 14.2 Å². The van der Waals surface area contributed by atoms with E-state index in [4.69, 9.17) is 11.6 Å². The van der Waals surface area contributed by atoms with E-state index in [2.05, 4.69) is 20.9 Å². The van der Waals surface area contributed by atoms with E-state index in [1.54, 1.807) is 24.3 Å². The summed E-state index contributed by atoms with van der Waals surface area (Å²) in [7, 11) is 0. The number of amides is 3. The fourth-order valence-electron chi connectivity index (χ4n) is 3.57. The van der Waals surface area contributed by atoms with Gasteiger partial charge in [0.1, 0.15) is 11.0 Å². The maximum atomic E-state index is 12.9. The third-order valence-electron chi connectivity index (χ3n) is 5.42. The molecule has 1 aliphatic carbocycles. The maximum absolute atomic E-state index is 12.9. The second kappa shape index (κ2) is 10.9. The summed E-state index contributed by atoms with van der Waals surface area (Å²) in [5.41, 5.74) is 1.35. The Hall–Kier alpha value is -2.67. The molecule has 1 saturated carbocycles. The van der Waals surface area contributed by atoms with Crippen LogP contribution in [0.5, 0.6) is 0 Å². The average molecular weight is 433 g/mol. The number of halogens is 2. The third-order valence-corrected chi connectivity index (χ3v) is 5.65. The smallest absolute Gasteiger partial charge is 0.315 e. The molecular weight excluding hydrogens is 407 g/mol. The average Bonchev–Trinajstić information content (AvgIpc) is 2.77. The monoisotopic (exact) mass is 432 g/mol. The van der Waals surface area contributed by atoms with Crippen molar-refractivity contribution < 1.29 is 14.0 Å². The van der Waals surface area contributed by atoms with Crippen LogP contribution in [0.1, 0.15) is 41.6 Å². The van der Waals surface area contributed by atoms with Crippen molar-refractivity contribution in [1.29, 1.82) is 0 Å². The lowest BCUT2D eigenvalue weighted by atomic mass is 9.82. The normalized spacial score (nSPS) is 18.5. The molecule has 6 nitrogen and oxygen atoms in total. The van der Waals surface area contributed by atoms with Crippen LogP contribution in [0, 0.1) is 17.7 Å². The Labute approximate surface area is 180 Å². The fourth-order valence-corrected chi connectivity index (χ4v) is 3.68. The highest BCUT2D eigenvalue weighted by Gasteiger charge is 2.22. The summed E-state index contributed by atoms with van der Waals surface area (Å²) in [6.07, 6.45) is 5.54. The van der Waals surface area contributed by atoms with Crippen LogP contribution in [0.15, 0.2) is 42.6 Å². The quantitative estimate of drug-likeness (QED) is 0.580. The minimum absolute atomic E-state index is 0.138. The predicted octanol–water partition coefficient (Wildman–Crippen LogP) is 3.91. The number of nitrogens with one attached hydrogen (secondary N) is 3. The Bertz CT molecular complexity index is 837. The molecule has 1 heterocycles. The summed E-state index contributed by atoms with van der Waals surface area (Å²) in [4.78, 5) is 28.0. The molecule has 160 valence electrons. The van der Waals surface area contributed by atoms with Gasteiger partial charge in [-0.2, -0.15) is 0 Å². The van der Waals surface area contributed by atoms with Gasteiger partial charge < -0.3 is 16.0 Å². The van der Waals surface area contributed by atoms with Gasteiger partial charge in [0.05, 0.1) is 5.56 Å². The first-order valence-corrected chi connectivity index (χ1v) is 10.5. The standard InChI is InChI=1S/C22H26ClFN4O2/c23-20-10-7-18(14-25-20)21(29)26-11-15-1-3-16(4-2-15)12-27-22(30)28-13-17-5-8-19(24)9-6-17/h5-10,14-16H,1-4,11-13H2,(H,26,29)(H2,27,28,30). The van der Waals surface area contributed by atoms with Crippen molar-refractivity contribution in [1.82, 2.24) is 20.9 Å². The number of carbonyl (C=O) groups excluding carboxylic acids is 2. The fraction of sp³-hybridized carbons (Fsp3) is 0.409. The van der Waals surface area contributed by atoms with Crippen molar-refractivity contribution in [2.75, 3.05) is 13.1 Å². The zero-order chi connectivity index (χ0) is 21.3. The van der Waals surface area contributed by atoms with Crippen LogP contribution in [0.25, 0.3) is 0 Å². The van der Waals surface area contributed by atoms with Crippen LogP contribution < -0.4 is 16.0 Å². The highest BCUT2D eigenvalue weighted by Crippen LogP contribution is 2.28. The predicted molar refractivity (Wildman–Crippen MR) is 114 cm³/mol. The maximum Gasteiger partial charge on any atom is 0.315 e. The lowest BCUT2D eigenvalue weighted by molar-refractivity contribution is 0.0941. The number of rotatable bonds is 7. The Morgan fingerprint density at radius 1 is 0.933 bits per heavy atom. The van der Waals surface area contributed by atoms with Crippen molar-refractivity contribution in [3.8, 4) is 0 Å². The molecule has 1 aromatic carbocycles. The minimum atomic E-state index is -0.291. The van der Waals surface area contributed by atoms with Gasteiger partial charge in [0.2, 0.25) is 0 Å². The number of urea groups is 1. The summed E-state index contributed by atoms with van der Waals surface area (Å²) in [5.74, 6) is 0.452. The second-order valence-electron chi connectivity index (χ2n) is 7.66. The molecule has 0 unspecified atom stereocenters. The number of aromatic nitrogens is 1. The molecule has 0 saturated heterocycles. The Balaban J connectivity index is 1.29. The lowest BCUT2D eigenvalue weighted by Gasteiger charge is -2.28. The van der Waals surface area contributed by atoms with Crippen LogP contribution in [0.2, 0.25) is 5.15 Å². The lowest BCUT2D eigenvalue weighted by Crippen LogP contribution is -2.39. The number of nitrogens with zero attached hydrogens (tertiary/aromatic N) is 1. The van der Waals surface area contributed by atoms with Gasteiger partial charge in [-0.1, -0.05) is 23.7 Å². The topological polar surface area (TPSA) is 83.1 Å². The van der Waals surface area contributed by atoms with E-state index in [9.17, 15) is 14.0 Å². The van der Waals surface area contributed by atoms with Gasteiger partial charge in [0.25, 0.3) is 5.91 Å². The summed E-state index contributed by atoms with van der Waals surface area (Å²) in [5, 5.41) is 9.03. The molecule has 3 rings (SSSR count). The van der Waals surface area contributed by atoms with Gasteiger partial charge in [-0.15, -0.1) is 0 Å². The zero-order valence-corrected chi connectivity index (χ0v) is 17.4. The molecular formula is C22H26ClFN4O2. The van der Waals surface area contributed by atoms with E-state index in [1.165, 1.54) is 18.3 Å². The van der Waals surface area contributed by atoms with Gasteiger partial charge >= 0.3 is 6.03 Å². The molecule has 8 heteroatoms. The highest BCUT2D eigenvalue weighted by molar-refractivity contribution is 6.29. The molecule has 3 N–H and O–H groups in total. The summed E-state index contributed by atoms with van der Waals surface area (Å²) in [6, 6.07) is 9.10. The van der Waals surface area contributed by atoms with Crippen LogP contribution in [0.4, 0.5) is 9.18 Å². The number of carbonyl (C=O) groups is 2. The van der Waals surface area contributed by atoms with E-state index in [0.717, 1.165) is 31.2 Å². The van der Waals surface area contributed by atoms with Crippen LogP contribution in [-0.4, -0.2) is 30.0 Å². The highest BCUT2D eigenvalue weighted by atomic mass is 35.5. The molecule has 1 fully saturated rings. The van der Waals surface area contributed by atoms with Crippen molar-refractivity contribution in [2.45, 2.75) is 32.2 Å². The number of hydrogen-bond acceptors (Lipinski definition) is 3. The molecule has 30 heavy (non-hydrogen) atoms. The minimum Gasteiger partial charge on any atom is -0.352 e. The van der Waals surface area contributed by atoms with Crippen molar-refractivity contribution in [2.24, 2.45) is 11.8 Å². The van der Waals surface area contributed by atoms with Gasteiger partial charge in [-0.3, -0.25) is 4.79 Å². The third kappa shape index (κ3) is 6.99. The Morgan fingerprint density at radius 2 is 1.57 bits per heavy atom. The van der Waals surface area contributed by atoms with Crippen molar-refractivity contribution >= 4 is 23.5 Å². The van der Waals surface area contributed by atoms with E-state index in [0.29, 0.717) is 42.2 Å². The van der Waals surface area contributed by atoms with E-state index < -0.39 is 0 Å². The Morgan fingerprint density at radius 3 is 2.17 bits per heavy atom. The van der Waals surface area contributed by atoms with E-state index in [-0.39, 0.29) is 17.8 Å². The summed E-state index contributed by atoms with van der Waals surface area (Å²) in [6.45, 7) is 1.63. The SMILES string of the molecule is O=C(NCc1ccc(F)cc1)NCC1CCC(CNC(=O)c2ccc(Cl)nc2)CC1. The zero-order valence-electron chi connectivity index (χ0n) is 16.7. The van der Waals surface area contributed by atoms with Gasteiger partial charge in [-0.05, 0) is 67.3 Å². The van der Waals surface area contributed by atoms with Crippen LogP contribution in [-0.2, 0) is 6.54 Å². The molecule has 0 atom stereocenters. The second-order valence-corrected chi connectivity index (χ2v) is 8.04. The number of pyridine rings is 1. The first kappa shape index (κ1) is 22.0. The summed E-state index contributed by atoms with van der Waals surface area (Å²) >= 11 is 5.74. The van der Waals surface area contributed by atoms with Crippen molar-refractivity contribution in [3.63, 3.8) is 0 Å². The van der Waals surface area contributed by atoms with E-state index in [1.807, 2.05) is 0 Å². The van der Waals surface area contributed by atoms with Crippen LogP contribution in [0.3, 0.4) is 0 Å². The van der Waals surface area contributed by atoms with E-state index >= 15 is 0 Å². The number of benzene rings is 1. The molecule has 0 radical (unpaired) electrons. The van der Waals surface area contributed by atoms with Crippen molar-refractivity contribution in [3.05, 3.63) is 64.7 Å². The molecule has 3 amide bonds. The first-order chi connectivity index (χ1) is 14.5. The van der Waals surface area contributed by atoms with Gasteiger partial charge in [0.15, 0.2) is 0 Å². The largest absolute Gasteiger partial charge is 0.352 e. The van der Waals surface area contributed by atoms with Gasteiger partial charge in [0, 0.05) is 25.8 Å². The summed E-state index contributed by atoms with van der Waals surface area (Å²) < 4.78 is 12.9. The number of hydrogen-bond donors (Lipinski definition) is 3. The molecule has 0 spiro atoms. The molecule has 2 aromatic rings. The molecule has 1 aliphatic rings. The van der Waals surface area contributed by atoms with Crippen LogP contribution >= 0.6 is 11.6 Å². The molecule has 0 aliphatic heterocycles. The molecule has 1 aromatic heterocycles. The first-order valence-electron chi connectivity index (χ1n) is 10.2.